The lowest BCUT2D eigenvalue weighted by Gasteiger charge is -2.03. The van der Waals surface area contributed by atoms with Crippen molar-refractivity contribution in [2.24, 2.45) is 0 Å². The van der Waals surface area contributed by atoms with Crippen molar-refractivity contribution in [3.8, 4) is 0 Å². The lowest BCUT2D eigenvalue weighted by atomic mass is 10.3. The molecule has 4 nitrogen and oxygen atoms in total. The number of esters is 1. The highest BCUT2D eigenvalue weighted by atomic mass is 32.1. The number of carbonyl (C=O) groups is 1. The quantitative estimate of drug-likeness (QED) is 0.627. The highest BCUT2D eigenvalue weighted by Crippen LogP contribution is 2.16. The fourth-order valence-electron chi connectivity index (χ4n) is 1.58. The number of allylic oxidation sites excluding steroid dienone is 1. The van der Waals surface area contributed by atoms with Gasteiger partial charge in [0.1, 0.15) is 13.2 Å². The number of benzene rings is 1. The van der Waals surface area contributed by atoms with Crippen LogP contribution in [-0.4, -0.2) is 17.1 Å². The number of thiazole rings is 1. The van der Waals surface area contributed by atoms with Crippen molar-refractivity contribution in [2.75, 3.05) is 6.61 Å². The van der Waals surface area contributed by atoms with Gasteiger partial charge < -0.3 is 4.74 Å². The molecule has 2 rings (SSSR count). The summed E-state index contributed by atoms with van der Waals surface area (Å²) in [6.45, 7) is 2.05. The summed E-state index contributed by atoms with van der Waals surface area (Å²) in [5, 5.41) is 0. The fourth-order valence-corrected chi connectivity index (χ4v) is 2.47. The maximum absolute atomic E-state index is 11.8. The minimum Gasteiger partial charge on any atom is -0.460 e. The van der Waals surface area contributed by atoms with E-state index < -0.39 is 5.97 Å². The van der Waals surface area contributed by atoms with Gasteiger partial charge in [-0.2, -0.15) is 0 Å². The van der Waals surface area contributed by atoms with E-state index >= 15 is 0 Å². The maximum atomic E-state index is 11.8. The van der Waals surface area contributed by atoms with E-state index in [2.05, 4.69) is 0 Å². The Morgan fingerprint density at radius 1 is 1.44 bits per heavy atom. The molecule has 1 aromatic heterocycles. The van der Waals surface area contributed by atoms with Crippen molar-refractivity contribution in [1.82, 2.24) is 4.57 Å². The lowest BCUT2D eigenvalue weighted by Crippen LogP contribution is -2.20. The highest BCUT2D eigenvalue weighted by Gasteiger charge is 2.11. The smallest absolute Gasteiger partial charge is 0.326 e. The van der Waals surface area contributed by atoms with E-state index in [1.165, 1.54) is 4.57 Å². The van der Waals surface area contributed by atoms with E-state index in [9.17, 15) is 9.59 Å². The first-order chi connectivity index (χ1) is 8.72. The van der Waals surface area contributed by atoms with Crippen molar-refractivity contribution in [1.29, 1.82) is 0 Å². The molecule has 0 unspecified atom stereocenters. The van der Waals surface area contributed by atoms with Gasteiger partial charge in [-0.1, -0.05) is 35.6 Å². The van der Waals surface area contributed by atoms with Gasteiger partial charge in [-0.15, -0.1) is 0 Å². The Morgan fingerprint density at radius 2 is 2.22 bits per heavy atom. The minimum atomic E-state index is -0.404. The van der Waals surface area contributed by atoms with Gasteiger partial charge in [0, 0.05) is 0 Å². The number of hydrogen-bond acceptors (Lipinski definition) is 4. The second-order valence-electron chi connectivity index (χ2n) is 3.67. The maximum Gasteiger partial charge on any atom is 0.326 e. The summed E-state index contributed by atoms with van der Waals surface area (Å²) in [4.78, 5) is 23.2. The SMILES string of the molecule is C/C=C/COC(=O)Cn1c(=O)sc2ccccc21. The molecule has 1 aromatic carbocycles. The van der Waals surface area contributed by atoms with Crippen LogP contribution in [0.5, 0.6) is 0 Å². The van der Waals surface area contributed by atoms with Crippen molar-refractivity contribution in [3.05, 3.63) is 46.1 Å². The first kappa shape index (κ1) is 12.6. The number of carbonyl (C=O) groups excluding carboxylic acids is 1. The normalized spacial score (nSPS) is 11.2. The largest absolute Gasteiger partial charge is 0.460 e. The van der Waals surface area contributed by atoms with E-state index in [4.69, 9.17) is 4.74 Å². The summed E-state index contributed by atoms with van der Waals surface area (Å²) < 4.78 is 7.30. The molecule has 0 bridgehead atoms. The van der Waals surface area contributed by atoms with Gasteiger partial charge in [-0.05, 0) is 19.1 Å². The molecule has 5 heteroatoms. The van der Waals surface area contributed by atoms with Gasteiger partial charge in [-0.25, -0.2) is 0 Å². The molecule has 0 saturated carbocycles. The van der Waals surface area contributed by atoms with Crippen molar-refractivity contribution < 1.29 is 9.53 Å². The molecule has 0 aliphatic heterocycles. The average Bonchev–Trinajstić information content (AvgIpc) is 2.67. The average molecular weight is 263 g/mol. The number of nitrogens with zero attached hydrogens (tertiary/aromatic N) is 1. The van der Waals surface area contributed by atoms with Crippen LogP contribution in [0.2, 0.25) is 0 Å². The number of rotatable bonds is 4. The van der Waals surface area contributed by atoms with Crippen LogP contribution in [0.3, 0.4) is 0 Å². The van der Waals surface area contributed by atoms with E-state index in [0.717, 1.165) is 21.6 Å². The fraction of sp³-hybridized carbons (Fsp3) is 0.231. The molecule has 18 heavy (non-hydrogen) atoms. The number of hydrogen-bond donors (Lipinski definition) is 0. The van der Waals surface area contributed by atoms with E-state index in [1.807, 2.05) is 31.2 Å². The molecule has 0 amide bonds. The zero-order valence-corrected chi connectivity index (χ0v) is 10.8. The topological polar surface area (TPSA) is 48.3 Å². The van der Waals surface area contributed by atoms with Gasteiger partial charge in [0.05, 0.1) is 10.2 Å². The molecular weight excluding hydrogens is 250 g/mol. The van der Waals surface area contributed by atoms with E-state index in [1.54, 1.807) is 12.2 Å². The van der Waals surface area contributed by atoms with Gasteiger partial charge in [0.2, 0.25) is 0 Å². The molecule has 0 spiro atoms. The number of aromatic nitrogens is 1. The highest BCUT2D eigenvalue weighted by molar-refractivity contribution is 7.16. The Morgan fingerprint density at radius 3 is 3.00 bits per heavy atom. The van der Waals surface area contributed by atoms with E-state index in [-0.39, 0.29) is 18.0 Å². The van der Waals surface area contributed by atoms with Gasteiger partial charge in [0.25, 0.3) is 0 Å². The summed E-state index contributed by atoms with van der Waals surface area (Å²) >= 11 is 1.13. The zero-order valence-electron chi connectivity index (χ0n) is 9.96. The van der Waals surface area contributed by atoms with E-state index in [0.29, 0.717) is 0 Å². The Balaban J connectivity index is 2.19. The molecule has 2 aromatic rings. The molecule has 0 saturated heterocycles. The Labute approximate surface area is 108 Å². The summed E-state index contributed by atoms with van der Waals surface area (Å²) in [7, 11) is 0. The van der Waals surface area contributed by atoms with Crippen molar-refractivity contribution in [2.45, 2.75) is 13.5 Å². The second kappa shape index (κ2) is 5.64. The third-order valence-corrected chi connectivity index (χ3v) is 3.40. The molecule has 0 radical (unpaired) electrons. The molecule has 0 aliphatic carbocycles. The molecule has 0 N–H and O–H groups in total. The number of fused-ring (bicyclic) bond motifs is 1. The molecule has 0 fully saturated rings. The van der Waals surface area contributed by atoms with Crippen LogP contribution in [0.25, 0.3) is 10.2 Å². The zero-order chi connectivity index (χ0) is 13.0. The Hall–Kier alpha value is -1.88. The third kappa shape index (κ3) is 2.68. The summed E-state index contributed by atoms with van der Waals surface area (Å²) in [6, 6.07) is 7.40. The van der Waals surface area contributed by atoms with Gasteiger partial charge in [-0.3, -0.25) is 14.2 Å². The van der Waals surface area contributed by atoms with Gasteiger partial charge in [0.15, 0.2) is 0 Å². The summed E-state index contributed by atoms with van der Waals surface area (Å²) in [5.41, 5.74) is 0.774. The number of para-hydroxylation sites is 1. The first-order valence-corrected chi connectivity index (χ1v) is 6.39. The number of ether oxygens (including phenoxy) is 1. The van der Waals surface area contributed by atoms with Crippen LogP contribution in [0.15, 0.2) is 41.2 Å². The standard InChI is InChI=1S/C13H13NO3S/c1-2-3-8-17-12(15)9-14-10-6-4-5-7-11(10)18-13(14)16/h2-7H,8-9H2,1H3/b3-2+. The summed E-state index contributed by atoms with van der Waals surface area (Å²) in [5.74, 6) is -0.404. The van der Waals surface area contributed by atoms with Crippen LogP contribution in [0.4, 0.5) is 0 Å². The molecule has 0 aliphatic rings. The van der Waals surface area contributed by atoms with Crippen LogP contribution in [0, 0.1) is 0 Å². The van der Waals surface area contributed by atoms with Crippen LogP contribution < -0.4 is 4.87 Å². The minimum absolute atomic E-state index is 0.0413. The van der Waals surface area contributed by atoms with Crippen LogP contribution in [-0.2, 0) is 16.1 Å². The van der Waals surface area contributed by atoms with Crippen LogP contribution >= 0.6 is 11.3 Å². The third-order valence-electron chi connectivity index (χ3n) is 2.44. The monoisotopic (exact) mass is 263 g/mol. The molecule has 0 atom stereocenters. The molecule has 1 heterocycles. The molecule has 94 valence electrons. The Bertz CT molecular complexity index is 639. The van der Waals surface area contributed by atoms with Crippen molar-refractivity contribution >= 4 is 27.5 Å². The predicted octanol–water partition coefficient (Wildman–Crippen LogP) is 2.18. The Kier molecular flexibility index (Phi) is 3.94. The lowest BCUT2D eigenvalue weighted by molar-refractivity contribution is -0.143. The second-order valence-corrected chi connectivity index (χ2v) is 4.67. The van der Waals surface area contributed by atoms with Gasteiger partial charge >= 0.3 is 10.8 Å². The predicted molar refractivity (Wildman–Crippen MR) is 71.9 cm³/mol. The first-order valence-electron chi connectivity index (χ1n) is 5.57. The van der Waals surface area contributed by atoms with Crippen LogP contribution in [0.1, 0.15) is 6.92 Å². The molecular formula is C13H13NO3S. The summed E-state index contributed by atoms with van der Waals surface area (Å²) in [6.07, 6.45) is 3.55. The van der Waals surface area contributed by atoms with Crippen molar-refractivity contribution in [3.63, 3.8) is 0 Å².